The molecule has 158 valence electrons. The molecule has 1 aromatic carbocycles. The number of ether oxygens (including phenoxy) is 1. The number of fused-ring (bicyclic) bond motifs is 1. The fourth-order valence-electron chi connectivity index (χ4n) is 2.51. The summed E-state index contributed by atoms with van der Waals surface area (Å²) in [7, 11) is 2.12. The molecule has 0 saturated heterocycles. The van der Waals surface area contributed by atoms with Gasteiger partial charge in [0.15, 0.2) is 0 Å². The van der Waals surface area contributed by atoms with Crippen molar-refractivity contribution in [3.05, 3.63) is 78.5 Å². The molecule has 0 saturated carbocycles. The Morgan fingerprint density at radius 1 is 1.03 bits per heavy atom. The first-order valence-corrected chi connectivity index (χ1v) is 9.37. The van der Waals surface area contributed by atoms with E-state index in [4.69, 9.17) is 14.9 Å². The van der Waals surface area contributed by atoms with Crippen LogP contribution in [0.1, 0.15) is 5.56 Å². The molecule has 0 spiro atoms. The average molecular weight is 411 g/mol. The third kappa shape index (κ3) is 8.57. The van der Waals surface area contributed by atoms with Gasteiger partial charge in [-0.05, 0) is 31.2 Å². The van der Waals surface area contributed by atoms with Crippen LogP contribution in [-0.4, -0.2) is 63.4 Å². The largest absolute Gasteiger partial charge is 0.478 e. The van der Waals surface area contributed by atoms with E-state index < -0.39 is 11.9 Å². The van der Waals surface area contributed by atoms with Crippen LogP contribution in [-0.2, 0) is 16.0 Å². The quantitative estimate of drug-likeness (QED) is 0.522. The molecule has 0 bridgehead atoms. The number of carbonyl (C=O) groups is 2. The van der Waals surface area contributed by atoms with Crippen molar-refractivity contribution in [1.82, 2.24) is 14.5 Å². The van der Waals surface area contributed by atoms with E-state index in [-0.39, 0.29) is 0 Å². The Hall–Kier alpha value is -3.65. The van der Waals surface area contributed by atoms with E-state index in [9.17, 15) is 9.59 Å². The third-order valence-corrected chi connectivity index (χ3v) is 4.06. The van der Waals surface area contributed by atoms with Crippen molar-refractivity contribution in [2.75, 3.05) is 26.7 Å². The number of pyridine rings is 1. The van der Waals surface area contributed by atoms with Crippen molar-refractivity contribution in [3.8, 4) is 5.88 Å². The maximum atomic E-state index is 9.55. The highest BCUT2D eigenvalue weighted by Gasteiger charge is 2.03. The summed E-state index contributed by atoms with van der Waals surface area (Å²) in [4.78, 5) is 21.4. The maximum absolute atomic E-state index is 9.55. The number of aromatic nitrogens is 2. The summed E-state index contributed by atoms with van der Waals surface area (Å²) < 4.78 is 7.57. The lowest BCUT2D eigenvalue weighted by molar-refractivity contribution is -0.134. The van der Waals surface area contributed by atoms with Crippen LogP contribution in [0, 0.1) is 0 Å². The van der Waals surface area contributed by atoms with Crippen LogP contribution in [0.15, 0.2) is 72.9 Å². The van der Waals surface area contributed by atoms with Crippen molar-refractivity contribution in [2.45, 2.75) is 6.42 Å². The summed E-state index contributed by atoms with van der Waals surface area (Å²) in [6.07, 6.45) is 4.10. The van der Waals surface area contributed by atoms with Crippen molar-refractivity contribution >= 4 is 17.5 Å². The number of benzene rings is 1. The number of rotatable bonds is 9. The summed E-state index contributed by atoms with van der Waals surface area (Å²) in [6.45, 7) is 2.56. The van der Waals surface area contributed by atoms with Crippen molar-refractivity contribution < 1.29 is 24.5 Å². The van der Waals surface area contributed by atoms with Gasteiger partial charge in [0, 0.05) is 37.5 Å². The zero-order chi connectivity index (χ0) is 21.8. The molecule has 0 radical (unpaired) electrons. The van der Waals surface area contributed by atoms with Crippen LogP contribution in [0.25, 0.3) is 5.52 Å². The Morgan fingerprint density at radius 2 is 1.70 bits per heavy atom. The number of carboxylic acids is 2. The van der Waals surface area contributed by atoms with E-state index in [1.807, 2.05) is 35.0 Å². The van der Waals surface area contributed by atoms with Crippen molar-refractivity contribution in [3.63, 3.8) is 0 Å². The van der Waals surface area contributed by atoms with Crippen LogP contribution < -0.4 is 4.74 Å². The standard InChI is InChI=1S/C18H21N3O.C4H4O4/c1-20(12-10-16-7-3-2-4-8-16)13-14-22-18-15-17-9-5-6-11-21(17)19-18;5-3(6)1-2-4(7)8/h2-9,11,15H,10,12-14H2,1H3;1-2H,(H,5,6)(H,7,8)/b;2-1-. The molecule has 0 aliphatic rings. The van der Waals surface area contributed by atoms with Crippen molar-refractivity contribution in [1.29, 1.82) is 0 Å². The highest BCUT2D eigenvalue weighted by Crippen LogP contribution is 2.12. The molecule has 3 aromatic rings. The number of carboxylic acid groups (broad SMARTS) is 2. The smallest absolute Gasteiger partial charge is 0.328 e. The number of likely N-dealkylation sites (N-methyl/N-ethyl adjacent to an activating group) is 1. The highest BCUT2D eigenvalue weighted by molar-refractivity contribution is 5.89. The molecule has 30 heavy (non-hydrogen) atoms. The number of hydrogen-bond acceptors (Lipinski definition) is 5. The second kappa shape index (κ2) is 12.0. The molecule has 0 aliphatic heterocycles. The number of nitrogens with zero attached hydrogens (tertiary/aromatic N) is 3. The molecule has 0 unspecified atom stereocenters. The first-order chi connectivity index (χ1) is 14.4. The van der Waals surface area contributed by atoms with E-state index in [1.54, 1.807) is 0 Å². The van der Waals surface area contributed by atoms with E-state index in [2.05, 4.69) is 47.4 Å². The third-order valence-electron chi connectivity index (χ3n) is 4.06. The lowest BCUT2D eigenvalue weighted by atomic mass is 10.1. The molecule has 8 nitrogen and oxygen atoms in total. The van der Waals surface area contributed by atoms with Gasteiger partial charge in [0.05, 0.1) is 5.52 Å². The van der Waals surface area contributed by atoms with Gasteiger partial charge in [-0.2, -0.15) is 0 Å². The molecular formula is C22H25N3O5. The average Bonchev–Trinajstić information content (AvgIpc) is 3.15. The summed E-state index contributed by atoms with van der Waals surface area (Å²) in [6, 6.07) is 18.5. The van der Waals surface area contributed by atoms with E-state index >= 15 is 0 Å². The topological polar surface area (TPSA) is 104 Å². The Morgan fingerprint density at radius 3 is 2.33 bits per heavy atom. The van der Waals surface area contributed by atoms with Gasteiger partial charge in [-0.1, -0.05) is 36.4 Å². The van der Waals surface area contributed by atoms with Gasteiger partial charge in [-0.15, -0.1) is 5.10 Å². The fraction of sp³-hybridized carbons (Fsp3) is 0.227. The van der Waals surface area contributed by atoms with Gasteiger partial charge in [0.25, 0.3) is 0 Å². The van der Waals surface area contributed by atoms with Crippen LogP contribution in [0.4, 0.5) is 0 Å². The summed E-state index contributed by atoms with van der Waals surface area (Å²) in [5.41, 5.74) is 2.42. The minimum Gasteiger partial charge on any atom is -0.478 e. The van der Waals surface area contributed by atoms with Gasteiger partial charge < -0.3 is 19.8 Å². The summed E-state index contributed by atoms with van der Waals surface area (Å²) >= 11 is 0. The minimum atomic E-state index is -1.26. The van der Waals surface area contributed by atoms with Crippen LogP contribution in [0.5, 0.6) is 5.88 Å². The second-order valence-corrected chi connectivity index (χ2v) is 6.45. The zero-order valence-electron chi connectivity index (χ0n) is 16.7. The number of hydrogen-bond donors (Lipinski definition) is 2. The fourth-order valence-corrected chi connectivity index (χ4v) is 2.51. The number of aliphatic carboxylic acids is 2. The molecule has 0 amide bonds. The molecule has 0 atom stereocenters. The Labute approximate surface area is 174 Å². The molecule has 2 aromatic heterocycles. The predicted molar refractivity (Wildman–Crippen MR) is 113 cm³/mol. The van der Waals surface area contributed by atoms with Crippen molar-refractivity contribution in [2.24, 2.45) is 0 Å². The first-order valence-electron chi connectivity index (χ1n) is 9.37. The van der Waals surface area contributed by atoms with Gasteiger partial charge in [0.2, 0.25) is 5.88 Å². The minimum absolute atomic E-state index is 0.558. The van der Waals surface area contributed by atoms with Crippen LogP contribution >= 0.6 is 0 Å². The first kappa shape index (κ1) is 22.6. The normalized spacial score (nSPS) is 10.7. The zero-order valence-corrected chi connectivity index (χ0v) is 16.7. The molecule has 2 heterocycles. The molecule has 2 N–H and O–H groups in total. The molecule has 0 aliphatic carbocycles. The Balaban J connectivity index is 0.000000343. The van der Waals surface area contributed by atoms with E-state index in [1.165, 1.54) is 5.56 Å². The Kier molecular flexibility index (Phi) is 9.08. The highest BCUT2D eigenvalue weighted by atomic mass is 16.5. The van der Waals surface area contributed by atoms with Gasteiger partial charge in [-0.25, -0.2) is 14.1 Å². The predicted octanol–water partition coefficient (Wildman–Crippen LogP) is 2.60. The van der Waals surface area contributed by atoms with E-state index in [0.29, 0.717) is 24.6 Å². The van der Waals surface area contributed by atoms with E-state index in [0.717, 1.165) is 25.0 Å². The Bertz CT molecular complexity index is 920. The SMILES string of the molecule is CN(CCOc1cc2ccccn2n1)CCc1ccccc1.O=C(O)/C=C\C(=O)O. The van der Waals surface area contributed by atoms with Gasteiger partial charge >= 0.3 is 11.9 Å². The monoisotopic (exact) mass is 411 g/mol. The molecule has 3 rings (SSSR count). The lowest BCUT2D eigenvalue weighted by Crippen LogP contribution is -2.26. The van der Waals surface area contributed by atoms with Crippen LogP contribution in [0.3, 0.4) is 0 Å². The van der Waals surface area contributed by atoms with Gasteiger partial charge in [-0.3, -0.25) is 0 Å². The molecular weight excluding hydrogens is 386 g/mol. The van der Waals surface area contributed by atoms with Crippen LogP contribution in [0.2, 0.25) is 0 Å². The maximum Gasteiger partial charge on any atom is 0.328 e. The lowest BCUT2D eigenvalue weighted by Gasteiger charge is -2.16. The molecule has 8 heteroatoms. The summed E-state index contributed by atoms with van der Waals surface area (Å²) in [5.74, 6) is -1.83. The molecule has 0 fully saturated rings. The summed E-state index contributed by atoms with van der Waals surface area (Å²) in [5, 5.41) is 20.0. The second-order valence-electron chi connectivity index (χ2n) is 6.45. The van der Waals surface area contributed by atoms with Gasteiger partial charge in [0.1, 0.15) is 6.61 Å².